The first kappa shape index (κ1) is 11.3. The van der Waals surface area contributed by atoms with E-state index in [-0.39, 0.29) is 11.9 Å². The summed E-state index contributed by atoms with van der Waals surface area (Å²) in [5, 5.41) is 0. The van der Waals surface area contributed by atoms with Gasteiger partial charge in [-0.15, -0.1) is 0 Å². The molecule has 0 unspecified atom stereocenters. The van der Waals surface area contributed by atoms with E-state index in [1.54, 1.807) is 11.8 Å². The second-order valence-electron chi connectivity index (χ2n) is 4.94. The second kappa shape index (κ2) is 3.83. The minimum Gasteiger partial charge on any atom is -0.450 e. The molecule has 3 rings (SSSR count). The summed E-state index contributed by atoms with van der Waals surface area (Å²) in [6.45, 7) is 2.88. The van der Waals surface area contributed by atoms with Crippen molar-refractivity contribution >= 4 is 11.9 Å². The Morgan fingerprint density at radius 1 is 1.28 bits per heavy atom. The summed E-state index contributed by atoms with van der Waals surface area (Å²) in [4.78, 5) is 25.0. The van der Waals surface area contributed by atoms with Gasteiger partial charge in [-0.2, -0.15) is 0 Å². The van der Waals surface area contributed by atoms with E-state index < -0.39 is 5.60 Å². The molecule has 0 atom stereocenters. The van der Waals surface area contributed by atoms with Crippen molar-refractivity contribution in [1.82, 2.24) is 4.90 Å². The highest BCUT2D eigenvalue weighted by Gasteiger charge is 2.47. The summed E-state index contributed by atoms with van der Waals surface area (Å²) < 4.78 is 5.61. The van der Waals surface area contributed by atoms with Crippen molar-refractivity contribution in [2.45, 2.75) is 25.4 Å². The summed E-state index contributed by atoms with van der Waals surface area (Å²) >= 11 is 0. The molecule has 0 N–H and O–H groups in total. The SMILES string of the molecule is CC(=O)N1CCC2(CC1)OC(=O)c1ccccc12. The first-order valence-corrected chi connectivity index (χ1v) is 6.21. The summed E-state index contributed by atoms with van der Waals surface area (Å²) in [6, 6.07) is 7.55. The maximum atomic E-state index is 11.9. The molecular formula is C14H15NO3. The van der Waals surface area contributed by atoms with Crippen LogP contribution in [0.4, 0.5) is 0 Å². The number of fused-ring (bicyclic) bond motifs is 2. The Balaban J connectivity index is 1.91. The molecule has 1 fully saturated rings. The molecule has 94 valence electrons. The molecule has 0 aromatic heterocycles. The van der Waals surface area contributed by atoms with E-state index in [0.717, 1.165) is 5.56 Å². The summed E-state index contributed by atoms with van der Waals surface area (Å²) in [5.41, 5.74) is 1.16. The van der Waals surface area contributed by atoms with Crippen LogP contribution in [0.1, 0.15) is 35.7 Å². The van der Waals surface area contributed by atoms with Crippen molar-refractivity contribution in [3.63, 3.8) is 0 Å². The topological polar surface area (TPSA) is 46.6 Å². The van der Waals surface area contributed by atoms with Gasteiger partial charge in [-0.1, -0.05) is 18.2 Å². The number of hydrogen-bond donors (Lipinski definition) is 0. The fraction of sp³-hybridized carbons (Fsp3) is 0.429. The van der Waals surface area contributed by atoms with Crippen LogP contribution < -0.4 is 0 Å². The third-order valence-corrected chi connectivity index (χ3v) is 3.94. The third kappa shape index (κ3) is 1.52. The molecule has 1 amide bonds. The van der Waals surface area contributed by atoms with Crippen LogP contribution >= 0.6 is 0 Å². The van der Waals surface area contributed by atoms with E-state index in [1.807, 2.05) is 24.3 Å². The van der Waals surface area contributed by atoms with Gasteiger partial charge in [0.25, 0.3) is 0 Å². The number of amides is 1. The van der Waals surface area contributed by atoms with Crippen LogP contribution in [0, 0.1) is 0 Å². The Kier molecular flexibility index (Phi) is 2.40. The lowest BCUT2D eigenvalue weighted by molar-refractivity contribution is -0.133. The number of carbonyl (C=O) groups is 2. The number of hydrogen-bond acceptors (Lipinski definition) is 3. The van der Waals surface area contributed by atoms with Gasteiger partial charge in [0.05, 0.1) is 5.56 Å². The Bertz CT molecular complexity index is 516. The van der Waals surface area contributed by atoms with Crippen LogP contribution in [0.25, 0.3) is 0 Å². The van der Waals surface area contributed by atoms with Crippen LogP contribution in [0.3, 0.4) is 0 Å². The largest absolute Gasteiger partial charge is 0.450 e. The predicted octanol–water partition coefficient (Wildman–Crippen LogP) is 1.69. The van der Waals surface area contributed by atoms with Crippen LogP contribution in [0.15, 0.2) is 24.3 Å². The number of rotatable bonds is 0. The molecule has 0 aliphatic carbocycles. The highest BCUT2D eigenvalue weighted by atomic mass is 16.6. The van der Waals surface area contributed by atoms with E-state index in [4.69, 9.17) is 4.74 Å². The van der Waals surface area contributed by atoms with Gasteiger partial charge in [-0.25, -0.2) is 4.79 Å². The number of ether oxygens (including phenoxy) is 1. The van der Waals surface area contributed by atoms with E-state index in [9.17, 15) is 9.59 Å². The number of nitrogens with zero attached hydrogens (tertiary/aromatic N) is 1. The van der Waals surface area contributed by atoms with Gasteiger partial charge in [0.1, 0.15) is 5.60 Å². The number of carbonyl (C=O) groups excluding carboxylic acids is 2. The van der Waals surface area contributed by atoms with Gasteiger partial charge >= 0.3 is 5.97 Å². The van der Waals surface area contributed by atoms with Gasteiger partial charge in [0, 0.05) is 38.4 Å². The zero-order valence-corrected chi connectivity index (χ0v) is 10.3. The second-order valence-corrected chi connectivity index (χ2v) is 4.94. The zero-order valence-electron chi connectivity index (χ0n) is 10.3. The Hall–Kier alpha value is -1.84. The number of benzene rings is 1. The molecule has 2 aliphatic heterocycles. The van der Waals surface area contributed by atoms with E-state index in [0.29, 0.717) is 31.5 Å². The van der Waals surface area contributed by atoms with Gasteiger partial charge in [0.2, 0.25) is 5.91 Å². The lowest BCUT2D eigenvalue weighted by atomic mass is 9.84. The number of piperidine rings is 1. The number of esters is 1. The summed E-state index contributed by atoms with van der Waals surface area (Å²) in [7, 11) is 0. The molecule has 0 radical (unpaired) electrons. The highest BCUT2D eigenvalue weighted by Crippen LogP contribution is 2.43. The Morgan fingerprint density at radius 2 is 1.94 bits per heavy atom. The van der Waals surface area contributed by atoms with Crippen molar-refractivity contribution in [3.8, 4) is 0 Å². The van der Waals surface area contributed by atoms with Gasteiger partial charge in [-0.3, -0.25) is 4.79 Å². The fourth-order valence-corrected chi connectivity index (χ4v) is 2.90. The molecular weight excluding hydrogens is 230 g/mol. The molecule has 2 aliphatic rings. The fourth-order valence-electron chi connectivity index (χ4n) is 2.90. The first-order valence-electron chi connectivity index (χ1n) is 6.21. The average Bonchev–Trinajstić information content (AvgIpc) is 2.64. The first-order chi connectivity index (χ1) is 8.62. The van der Waals surface area contributed by atoms with Crippen molar-refractivity contribution in [2.24, 2.45) is 0 Å². The summed E-state index contributed by atoms with van der Waals surface area (Å²) in [6.07, 6.45) is 1.38. The minimum atomic E-state index is -0.500. The highest BCUT2D eigenvalue weighted by molar-refractivity contribution is 5.94. The van der Waals surface area contributed by atoms with Crippen molar-refractivity contribution in [2.75, 3.05) is 13.1 Å². The molecule has 1 aromatic carbocycles. The van der Waals surface area contributed by atoms with E-state index in [2.05, 4.69) is 0 Å². The number of likely N-dealkylation sites (tertiary alicyclic amines) is 1. The molecule has 0 saturated carbocycles. The Labute approximate surface area is 106 Å². The lowest BCUT2D eigenvalue weighted by Gasteiger charge is -2.38. The monoisotopic (exact) mass is 245 g/mol. The van der Waals surface area contributed by atoms with Crippen molar-refractivity contribution in [1.29, 1.82) is 0 Å². The van der Waals surface area contributed by atoms with Crippen molar-refractivity contribution in [3.05, 3.63) is 35.4 Å². The van der Waals surface area contributed by atoms with Crippen molar-refractivity contribution < 1.29 is 14.3 Å². The minimum absolute atomic E-state index is 0.0856. The molecule has 18 heavy (non-hydrogen) atoms. The maximum Gasteiger partial charge on any atom is 0.339 e. The Morgan fingerprint density at radius 3 is 2.61 bits per heavy atom. The van der Waals surface area contributed by atoms with Crippen LogP contribution in [0.5, 0.6) is 0 Å². The van der Waals surface area contributed by atoms with Crippen LogP contribution in [0.2, 0.25) is 0 Å². The standard InChI is InChI=1S/C14H15NO3/c1-10(16)15-8-6-14(7-9-15)12-5-3-2-4-11(12)13(17)18-14/h2-5H,6-9H2,1H3. The maximum absolute atomic E-state index is 11.9. The summed E-state index contributed by atoms with van der Waals surface area (Å²) in [5.74, 6) is -0.149. The van der Waals surface area contributed by atoms with Crippen LogP contribution in [-0.2, 0) is 15.1 Å². The van der Waals surface area contributed by atoms with Gasteiger partial charge < -0.3 is 9.64 Å². The molecule has 1 aromatic rings. The molecule has 4 nitrogen and oxygen atoms in total. The van der Waals surface area contributed by atoms with Gasteiger partial charge in [-0.05, 0) is 6.07 Å². The molecule has 2 heterocycles. The predicted molar refractivity (Wildman–Crippen MR) is 65.0 cm³/mol. The molecule has 1 saturated heterocycles. The molecule has 0 bridgehead atoms. The van der Waals surface area contributed by atoms with E-state index in [1.165, 1.54) is 0 Å². The molecule has 1 spiro atoms. The lowest BCUT2D eigenvalue weighted by Crippen LogP contribution is -2.44. The normalized spacial score (nSPS) is 20.7. The van der Waals surface area contributed by atoms with E-state index >= 15 is 0 Å². The smallest absolute Gasteiger partial charge is 0.339 e. The average molecular weight is 245 g/mol. The molecule has 4 heteroatoms. The quantitative estimate of drug-likeness (QED) is 0.653. The van der Waals surface area contributed by atoms with Gasteiger partial charge in [0.15, 0.2) is 0 Å². The third-order valence-electron chi connectivity index (χ3n) is 3.94. The van der Waals surface area contributed by atoms with Crippen LogP contribution in [-0.4, -0.2) is 29.9 Å². The zero-order chi connectivity index (χ0) is 12.8.